The summed E-state index contributed by atoms with van der Waals surface area (Å²) in [6, 6.07) is 17.5. The first-order valence-corrected chi connectivity index (χ1v) is 8.02. The SMILES string of the molecule is Cc1ccc(/C=C2/SC(=S)N(Nc3ccccc3)C2=O)cc1. The number of hydrogen-bond acceptors (Lipinski definition) is 4. The maximum absolute atomic E-state index is 12.5. The summed E-state index contributed by atoms with van der Waals surface area (Å²) in [5.41, 5.74) is 6.06. The minimum Gasteiger partial charge on any atom is -0.290 e. The van der Waals surface area contributed by atoms with Crippen molar-refractivity contribution in [1.29, 1.82) is 0 Å². The van der Waals surface area contributed by atoms with E-state index in [9.17, 15) is 4.79 Å². The Morgan fingerprint density at radius 1 is 1.09 bits per heavy atom. The van der Waals surface area contributed by atoms with Crippen LogP contribution in [0.2, 0.25) is 0 Å². The van der Waals surface area contributed by atoms with Gasteiger partial charge in [0.05, 0.1) is 10.6 Å². The standard InChI is InChI=1S/C17H14N2OS2/c1-12-7-9-13(10-8-12)11-15-16(20)19(17(21)22-15)18-14-5-3-2-4-6-14/h2-11,18H,1H3/b15-11+. The molecule has 110 valence electrons. The number of anilines is 1. The average Bonchev–Trinajstić information content (AvgIpc) is 2.78. The smallest absolute Gasteiger partial charge is 0.285 e. The first-order valence-electron chi connectivity index (χ1n) is 6.80. The van der Waals surface area contributed by atoms with Crippen molar-refractivity contribution in [2.75, 3.05) is 5.43 Å². The van der Waals surface area contributed by atoms with E-state index in [1.54, 1.807) is 0 Å². The van der Waals surface area contributed by atoms with E-state index in [-0.39, 0.29) is 5.91 Å². The van der Waals surface area contributed by atoms with E-state index in [1.807, 2.05) is 67.6 Å². The lowest BCUT2D eigenvalue weighted by Gasteiger charge is -2.16. The lowest BCUT2D eigenvalue weighted by molar-refractivity contribution is -0.121. The molecule has 2 aromatic carbocycles. The van der Waals surface area contributed by atoms with Gasteiger partial charge in [0.1, 0.15) is 0 Å². The van der Waals surface area contributed by atoms with Crippen LogP contribution < -0.4 is 5.43 Å². The second-order valence-corrected chi connectivity index (χ2v) is 6.58. The number of carbonyl (C=O) groups is 1. The largest absolute Gasteiger partial charge is 0.290 e. The molecule has 1 N–H and O–H groups in total. The Bertz CT molecular complexity index is 739. The molecule has 22 heavy (non-hydrogen) atoms. The molecule has 0 spiro atoms. The van der Waals surface area contributed by atoms with Gasteiger partial charge in [-0.25, -0.2) is 5.01 Å². The van der Waals surface area contributed by atoms with Crippen LogP contribution in [-0.2, 0) is 4.79 Å². The van der Waals surface area contributed by atoms with Gasteiger partial charge in [0.15, 0.2) is 4.32 Å². The van der Waals surface area contributed by atoms with Crippen LogP contribution in [-0.4, -0.2) is 15.2 Å². The summed E-state index contributed by atoms with van der Waals surface area (Å²) in [7, 11) is 0. The van der Waals surface area contributed by atoms with Gasteiger partial charge in [-0.15, -0.1) is 0 Å². The molecule has 5 heteroatoms. The fourth-order valence-corrected chi connectivity index (χ4v) is 3.20. The van der Waals surface area contributed by atoms with Crippen LogP contribution >= 0.6 is 24.0 Å². The molecule has 1 aliphatic heterocycles. The van der Waals surface area contributed by atoms with E-state index in [4.69, 9.17) is 12.2 Å². The Balaban J connectivity index is 1.80. The Kier molecular flexibility index (Phi) is 4.27. The second-order valence-electron chi connectivity index (χ2n) is 4.91. The van der Waals surface area contributed by atoms with Crippen LogP contribution in [0.4, 0.5) is 5.69 Å². The Labute approximate surface area is 139 Å². The summed E-state index contributed by atoms with van der Waals surface area (Å²) in [6.07, 6.45) is 1.87. The third kappa shape index (κ3) is 3.21. The number of hydrogen-bond donors (Lipinski definition) is 1. The quantitative estimate of drug-likeness (QED) is 0.676. The maximum Gasteiger partial charge on any atom is 0.285 e. The summed E-state index contributed by atoms with van der Waals surface area (Å²) < 4.78 is 0.507. The highest BCUT2D eigenvalue weighted by Gasteiger charge is 2.32. The van der Waals surface area contributed by atoms with Crippen LogP contribution in [0.1, 0.15) is 11.1 Å². The van der Waals surface area contributed by atoms with E-state index in [0.29, 0.717) is 9.23 Å². The topological polar surface area (TPSA) is 32.3 Å². The number of nitrogens with zero attached hydrogens (tertiary/aromatic N) is 1. The molecule has 1 fully saturated rings. The maximum atomic E-state index is 12.5. The molecule has 3 nitrogen and oxygen atoms in total. The lowest BCUT2D eigenvalue weighted by atomic mass is 10.1. The van der Waals surface area contributed by atoms with E-state index in [2.05, 4.69) is 5.43 Å². The summed E-state index contributed by atoms with van der Waals surface area (Å²) in [4.78, 5) is 13.1. The molecule has 1 aliphatic rings. The fraction of sp³-hybridized carbons (Fsp3) is 0.0588. The number of thiocarbonyl (C=S) groups is 1. The number of carbonyl (C=O) groups excluding carboxylic acids is 1. The highest BCUT2D eigenvalue weighted by molar-refractivity contribution is 8.26. The van der Waals surface area contributed by atoms with Gasteiger partial charge in [0.2, 0.25) is 0 Å². The van der Waals surface area contributed by atoms with Crippen molar-refractivity contribution in [2.24, 2.45) is 0 Å². The highest BCUT2D eigenvalue weighted by Crippen LogP contribution is 2.32. The minimum absolute atomic E-state index is 0.126. The zero-order valence-corrected chi connectivity index (χ0v) is 13.6. The summed E-state index contributed by atoms with van der Waals surface area (Å²) in [5.74, 6) is -0.126. The lowest BCUT2D eigenvalue weighted by Crippen LogP contribution is -2.33. The van der Waals surface area contributed by atoms with Gasteiger partial charge in [-0.05, 0) is 42.9 Å². The summed E-state index contributed by atoms with van der Waals surface area (Å²) >= 11 is 6.60. The number of para-hydroxylation sites is 1. The predicted molar refractivity (Wildman–Crippen MR) is 96.3 cm³/mol. The second kappa shape index (κ2) is 6.34. The molecule has 0 unspecified atom stereocenters. The van der Waals surface area contributed by atoms with Crippen LogP contribution in [0, 0.1) is 6.92 Å². The molecule has 0 atom stereocenters. The number of amides is 1. The summed E-state index contributed by atoms with van der Waals surface area (Å²) in [6.45, 7) is 2.03. The molecule has 1 heterocycles. The van der Waals surface area contributed by atoms with Gasteiger partial charge in [-0.3, -0.25) is 10.2 Å². The van der Waals surface area contributed by atoms with Gasteiger partial charge < -0.3 is 0 Å². The van der Waals surface area contributed by atoms with Crippen molar-refractivity contribution in [3.05, 3.63) is 70.6 Å². The van der Waals surface area contributed by atoms with E-state index in [0.717, 1.165) is 11.3 Å². The van der Waals surface area contributed by atoms with E-state index >= 15 is 0 Å². The van der Waals surface area contributed by atoms with Crippen molar-refractivity contribution in [2.45, 2.75) is 6.92 Å². The number of aryl methyl sites for hydroxylation is 1. The van der Waals surface area contributed by atoms with Crippen LogP contribution in [0.15, 0.2) is 59.5 Å². The monoisotopic (exact) mass is 326 g/mol. The minimum atomic E-state index is -0.126. The third-order valence-corrected chi connectivity index (χ3v) is 4.49. The molecule has 1 amide bonds. The fourth-order valence-electron chi connectivity index (χ4n) is 2.02. The molecular formula is C17H14N2OS2. The zero-order valence-electron chi connectivity index (χ0n) is 11.9. The Hall–Kier alpha value is -2.11. The van der Waals surface area contributed by atoms with Crippen molar-refractivity contribution < 1.29 is 4.79 Å². The van der Waals surface area contributed by atoms with Crippen molar-refractivity contribution in [1.82, 2.24) is 5.01 Å². The summed E-state index contributed by atoms with van der Waals surface area (Å²) in [5, 5.41) is 1.41. The number of thioether (sulfide) groups is 1. The van der Waals surface area contributed by atoms with Gasteiger partial charge in [0.25, 0.3) is 5.91 Å². The highest BCUT2D eigenvalue weighted by atomic mass is 32.2. The van der Waals surface area contributed by atoms with Gasteiger partial charge in [-0.1, -0.05) is 59.8 Å². The first kappa shape index (κ1) is 14.8. The molecule has 3 rings (SSSR count). The predicted octanol–water partition coefficient (Wildman–Crippen LogP) is 4.22. The molecule has 0 radical (unpaired) electrons. The van der Waals surface area contributed by atoms with E-state index < -0.39 is 0 Å². The van der Waals surface area contributed by atoms with Crippen molar-refractivity contribution in [3.8, 4) is 0 Å². The number of hydrazine groups is 1. The number of benzene rings is 2. The third-order valence-electron chi connectivity index (χ3n) is 3.18. The molecule has 0 saturated carbocycles. The average molecular weight is 326 g/mol. The Morgan fingerprint density at radius 2 is 1.77 bits per heavy atom. The van der Waals surface area contributed by atoms with Crippen molar-refractivity contribution >= 4 is 46.0 Å². The van der Waals surface area contributed by atoms with Crippen LogP contribution in [0.25, 0.3) is 6.08 Å². The number of rotatable bonds is 3. The van der Waals surface area contributed by atoms with Gasteiger partial charge in [0, 0.05) is 0 Å². The van der Waals surface area contributed by atoms with Crippen LogP contribution in [0.5, 0.6) is 0 Å². The normalized spacial score (nSPS) is 16.4. The molecule has 1 saturated heterocycles. The van der Waals surface area contributed by atoms with Crippen molar-refractivity contribution in [3.63, 3.8) is 0 Å². The van der Waals surface area contributed by atoms with Gasteiger partial charge in [-0.2, -0.15) is 0 Å². The molecule has 0 bridgehead atoms. The van der Waals surface area contributed by atoms with E-state index in [1.165, 1.54) is 22.3 Å². The van der Waals surface area contributed by atoms with Gasteiger partial charge >= 0.3 is 0 Å². The molecule has 2 aromatic rings. The first-order chi connectivity index (χ1) is 10.6. The molecular weight excluding hydrogens is 312 g/mol. The zero-order chi connectivity index (χ0) is 15.5. The molecule has 0 aliphatic carbocycles. The Morgan fingerprint density at radius 3 is 2.45 bits per heavy atom. The van der Waals surface area contributed by atoms with Crippen LogP contribution in [0.3, 0.4) is 0 Å². The number of nitrogens with one attached hydrogen (secondary N) is 1. The molecule has 0 aromatic heterocycles.